The van der Waals surface area contributed by atoms with Crippen LogP contribution in [0.3, 0.4) is 0 Å². The highest BCUT2D eigenvalue weighted by atomic mass is 35.5. The summed E-state index contributed by atoms with van der Waals surface area (Å²) in [6.45, 7) is 2.25. The fourth-order valence-electron chi connectivity index (χ4n) is 1.78. The summed E-state index contributed by atoms with van der Waals surface area (Å²) in [6, 6.07) is 8.07. The number of nitrogens with two attached hydrogens (primary N) is 1. The summed E-state index contributed by atoms with van der Waals surface area (Å²) < 4.78 is 0. The van der Waals surface area contributed by atoms with Crippen LogP contribution in [0.4, 0.5) is 0 Å². The molecule has 2 N–H and O–H groups in total. The fraction of sp³-hybridized carbons (Fsp3) is 0.455. The third kappa shape index (κ3) is 2.41. The van der Waals surface area contributed by atoms with Gasteiger partial charge in [-0.3, -0.25) is 0 Å². The summed E-state index contributed by atoms with van der Waals surface area (Å²) >= 11 is 5.80. The molecular formula is C11H15Cl2N. The lowest BCUT2D eigenvalue weighted by Crippen LogP contribution is -2.13. The lowest BCUT2D eigenvalue weighted by Gasteiger charge is -2.10. The molecule has 1 nitrogen and oxygen atoms in total. The van der Waals surface area contributed by atoms with E-state index in [0.29, 0.717) is 5.92 Å². The Morgan fingerprint density at radius 3 is 2.29 bits per heavy atom. The molecule has 0 spiro atoms. The zero-order chi connectivity index (χ0) is 9.42. The second-order valence-electron chi connectivity index (χ2n) is 3.95. The molecule has 14 heavy (non-hydrogen) atoms. The van der Waals surface area contributed by atoms with E-state index < -0.39 is 0 Å². The van der Waals surface area contributed by atoms with Gasteiger partial charge in [0.15, 0.2) is 0 Å². The SMILES string of the molecule is CC1CC1C(N)c1ccc(Cl)cc1.Cl. The average Bonchev–Trinajstić information content (AvgIpc) is 2.83. The van der Waals surface area contributed by atoms with Gasteiger partial charge in [0, 0.05) is 11.1 Å². The highest BCUT2D eigenvalue weighted by molar-refractivity contribution is 6.30. The van der Waals surface area contributed by atoms with Crippen LogP contribution >= 0.6 is 24.0 Å². The fourth-order valence-corrected chi connectivity index (χ4v) is 1.91. The van der Waals surface area contributed by atoms with Crippen LogP contribution in [0, 0.1) is 11.8 Å². The monoisotopic (exact) mass is 231 g/mol. The van der Waals surface area contributed by atoms with E-state index in [4.69, 9.17) is 17.3 Å². The zero-order valence-electron chi connectivity index (χ0n) is 8.11. The highest BCUT2D eigenvalue weighted by Crippen LogP contribution is 2.45. The summed E-state index contributed by atoms with van der Waals surface area (Å²) in [5, 5.41) is 0.778. The predicted molar refractivity (Wildman–Crippen MR) is 62.9 cm³/mol. The molecule has 3 atom stereocenters. The van der Waals surface area contributed by atoms with Crippen molar-refractivity contribution in [2.75, 3.05) is 0 Å². The van der Waals surface area contributed by atoms with E-state index in [-0.39, 0.29) is 18.4 Å². The topological polar surface area (TPSA) is 26.0 Å². The molecule has 0 heterocycles. The van der Waals surface area contributed by atoms with Gasteiger partial charge >= 0.3 is 0 Å². The molecule has 0 saturated heterocycles. The first kappa shape index (κ1) is 11.8. The van der Waals surface area contributed by atoms with Crippen molar-refractivity contribution in [3.8, 4) is 0 Å². The van der Waals surface area contributed by atoms with Crippen molar-refractivity contribution in [2.24, 2.45) is 17.6 Å². The van der Waals surface area contributed by atoms with Crippen LogP contribution in [0.5, 0.6) is 0 Å². The maximum atomic E-state index is 6.10. The van der Waals surface area contributed by atoms with Gasteiger partial charge in [-0.15, -0.1) is 12.4 Å². The molecule has 1 aliphatic carbocycles. The Labute approximate surface area is 96.0 Å². The van der Waals surface area contributed by atoms with Gasteiger partial charge < -0.3 is 5.73 Å². The van der Waals surface area contributed by atoms with E-state index in [2.05, 4.69) is 6.92 Å². The standard InChI is InChI=1S/C11H14ClN.ClH/c1-7-6-10(7)11(13)8-2-4-9(12)5-3-8;/h2-5,7,10-11H,6,13H2,1H3;1H. The van der Waals surface area contributed by atoms with Crippen LogP contribution in [0.25, 0.3) is 0 Å². The van der Waals surface area contributed by atoms with Gasteiger partial charge in [-0.05, 0) is 36.0 Å². The van der Waals surface area contributed by atoms with Crippen LogP contribution in [0.15, 0.2) is 24.3 Å². The minimum atomic E-state index is 0. The minimum absolute atomic E-state index is 0. The van der Waals surface area contributed by atoms with Crippen LogP contribution in [-0.4, -0.2) is 0 Å². The van der Waals surface area contributed by atoms with Crippen molar-refractivity contribution >= 4 is 24.0 Å². The zero-order valence-corrected chi connectivity index (χ0v) is 9.68. The molecule has 0 bridgehead atoms. The molecule has 0 aromatic heterocycles. The Bertz CT molecular complexity index is 297. The highest BCUT2D eigenvalue weighted by Gasteiger charge is 2.38. The van der Waals surface area contributed by atoms with E-state index >= 15 is 0 Å². The first-order valence-corrected chi connectivity index (χ1v) is 5.07. The summed E-state index contributed by atoms with van der Waals surface area (Å²) in [5.74, 6) is 1.48. The number of rotatable bonds is 2. The van der Waals surface area contributed by atoms with E-state index in [1.165, 1.54) is 12.0 Å². The predicted octanol–water partition coefficient (Wildman–Crippen LogP) is 3.42. The van der Waals surface area contributed by atoms with Crippen LogP contribution in [0.2, 0.25) is 5.02 Å². The normalized spacial score (nSPS) is 26.5. The summed E-state index contributed by atoms with van der Waals surface area (Å²) in [7, 11) is 0. The summed E-state index contributed by atoms with van der Waals surface area (Å²) in [5.41, 5.74) is 7.30. The second-order valence-corrected chi connectivity index (χ2v) is 4.39. The molecule has 1 aromatic carbocycles. The van der Waals surface area contributed by atoms with Crippen molar-refractivity contribution in [1.82, 2.24) is 0 Å². The molecule has 1 aromatic rings. The third-order valence-corrected chi connectivity index (χ3v) is 3.14. The van der Waals surface area contributed by atoms with E-state index in [9.17, 15) is 0 Å². The Morgan fingerprint density at radius 1 is 1.36 bits per heavy atom. The molecule has 3 unspecified atom stereocenters. The molecule has 1 aliphatic rings. The van der Waals surface area contributed by atoms with Crippen molar-refractivity contribution in [2.45, 2.75) is 19.4 Å². The van der Waals surface area contributed by atoms with Crippen LogP contribution in [-0.2, 0) is 0 Å². The Hall–Kier alpha value is -0.240. The summed E-state index contributed by atoms with van der Waals surface area (Å²) in [6.07, 6.45) is 1.27. The van der Waals surface area contributed by atoms with Gasteiger partial charge in [-0.1, -0.05) is 30.7 Å². The molecule has 3 heteroatoms. The molecule has 0 amide bonds. The van der Waals surface area contributed by atoms with Crippen LogP contribution < -0.4 is 5.73 Å². The smallest absolute Gasteiger partial charge is 0.0406 e. The first-order chi connectivity index (χ1) is 6.18. The summed E-state index contributed by atoms with van der Waals surface area (Å²) in [4.78, 5) is 0. The van der Waals surface area contributed by atoms with Gasteiger partial charge in [0.2, 0.25) is 0 Å². The quantitative estimate of drug-likeness (QED) is 0.830. The lowest BCUT2D eigenvalue weighted by molar-refractivity contribution is 0.593. The molecule has 2 rings (SSSR count). The van der Waals surface area contributed by atoms with Crippen molar-refractivity contribution in [3.05, 3.63) is 34.9 Å². The first-order valence-electron chi connectivity index (χ1n) is 4.69. The Morgan fingerprint density at radius 2 is 1.86 bits per heavy atom. The Balaban J connectivity index is 0.000000980. The molecule has 0 aliphatic heterocycles. The van der Waals surface area contributed by atoms with Gasteiger partial charge in [-0.2, -0.15) is 0 Å². The number of hydrogen-bond acceptors (Lipinski definition) is 1. The third-order valence-electron chi connectivity index (χ3n) is 2.89. The van der Waals surface area contributed by atoms with Crippen molar-refractivity contribution in [3.63, 3.8) is 0 Å². The number of hydrogen-bond donors (Lipinski definition) is 1. The minimum Gasteiger partial charge on any atom is -0.324 e. The number of benzene rings is 1. The molecule has 78 valence electrons. The number of halogens is 2. The Kier molecular flexibility index (Phi) is 3.82. The molecular weight excluding hydrogens is 217 g/mol. The molecule has 0 radical (unpaired) electrons. The van der Waals surface area contributed by atoms with Crippen molar-refractivity contribution in [1.29, 1.82) is 0 Å². The van der Waals surface area contributed by atoms with Gasteiger partial charge in [0.1, 0.15) is 0 Å². The lowest BCUT2D eigenvalue weighted by atomic mass is 10.0. The van der Waals surface area contributed by atoms with Gasteiger partial charge in [0.25, 0.3) is 0 Å². The van der Waals surface area contributed by atoms with Gasteiger partial charge in [-0.25, -0.2) is 0 Å². The van der Waals surface area contributed by atoms with Gasteiger partial charge in [0.05, 0.1) is 0 Å². The molecule has 1 fully saturated rings. The van der Waals surface area contributed by atoms with Crippen molar-refractivity contribution < 1.29 is 0 Å². The maximum absolute atomic E-state index is 6.10. The largest absolute Gasteiger partial charge is 0.324 e. The maximum Gasteiger partial charge on any atom is 0.0406 e. The van der Waals surface area contributed by atoms with E-state index in [1.807, 2.05) is 24.3 Å². The molecule has 1 saturated carbocycles. The van der Waals surface area contributed by atoms with E-state index in [1.54, 1.807) is 0 Å². The van der Waals surface area contributed by atoms with Crippen LogP contribution in [0.1, 0.15) is 24.9 Å². The second kappa shape index (κ2) is 4.52. The van der Waals surface area contributed by atoms with E-state index in [0.717, 1.165) is 10.9 Å². The average molecular weight is 232 g/mol.